The number of hydrogen-bond donors (Lipinski definition) is 3. The van der Waals surface area contributed by atoms with E-state index in [0.717, 1.165) is 10.5 Å². The van der Waals surface area contributed by atoms with Gasteiger partial charge >= 0.3 is 6.03 Å². The minimum absolute atomic E-state index is 0.0865. The lowest BCUT2D eigenvalue weighted by atomic mass is 10.0. The Kier molecular flexibility index (Phi) is 6.58. The fourth-order valence-corrected chi connectivity index (χ4v) is 3.47. The molecule has 9 nitrogen and oxygen atoms in total. The van der Waals surface area contributed by atoms with Gasteiger partial charge < -0.3 is 25.2 Å². The Hall–Kier alpha value is -2.81. The van der Waals surface area contributed by atoms with Gasteiger partial charge in [-0.15, -0.1) is 0 Å². The summed E-state index contributed by atoms with van der Waals surface area (Å²) in [6, 6.07) is 3.74. The first-order valence-corrected chi connectivity index (χ1v) is 9.78. The molecule has 0 radical (unpaired) electrons. The number of hydrogen-bond acceptors (Lipinski definition) is 6. The van der Waals surface area contributed by atoms with Crippen molar-refractivity contribution < 1.29 is 29.0 Å². The third-order valence-corrected chi connectivity index (χ3v) is 4.89. The minimum atomic E-state index is -0.736. The number of rotatable bonds is 9. The molecule has 9 heteroatoms. The van der Waals surface area contributed by atoms with E-state index in [9.17, 15) is 19.5 Å². The molecule has 4 amide bonds. The molecule has 1 fully saturated rings. The van der Waals surface area contributed by atoms with Crippen LogP contribution >= 0.6 is 0 Å². The maximum atomic E-state index is 12.6. The number of benzene rings is 1. The molecule has 2 aliphatic heterocycles. The topological polar surface area (TPSA) is 117 Å². The number of amides is 4. The first kappa shape index (κ1) is 20.9. The van der Waals surface area contributed by atoms with Gasteiger partial charge in [0.15, 0.2) is 11.5 Å². The first-order chi connectivity index (χ1) is 13.9. The van der Waals surface area contributed by atoms with Crippen LogP contribution in [0, 0.1) is 5.92 Å². The second-order valence-corrected chi connectivity index (χ2v) is 7.73. The van der Waals surface area contributed by atoms with Gasteiger partial charge in [0.05, 0.1) is 19.2 Å². The third-order valence-electron chi connectivity index (χ3n) is 4.89. The normalized spacial score (nSPS) is 18.9. The lowest BCUT2D eigenvalue weighted by Gasteiger charge is -2.18. The Bertz CT molecular complexity index is 781. The van der Waals surface area contributed by atoms with Crippen LogP contribution in [0.3, 0.4) is 0 Å². The molecule has 1 aromatic rings. The van der Waals surface area contributed by atoms with E-state index in [4.69, 9.17) is 9.47 Å². The lowest BCUT2D eigenvalue weighted by Crippen LogP contribution is -2.39. The summed E-state index contributed by atoms with van der Waals surface area (Å²) in [6.07, 6.45) is 0.960. The molecule has 0 aliphatic carbocycles. The monoisotopic (exact) mass is 405 g/mol. The van der Waals surface area contributed by atoms with Crippen molar-refractivity contribution >= 4 is 17.8 Å². The summed E-state index contributed by atoms with van der Waals surface area (Å²) in [4.78, 5) is 38.1. The van der Waals surface area contributed by atoms with Gasteiger partial charge in [-0.05, 0) is 36.5 Å². The van der Waals surface area contributed by atoms with E-state index >= 15 is 0 Å². The predicted molar refractivity (Wildman–Crippen MR) is 103 cm³/mol. The van der Waals surface area contributed by atoms with Gasteiger partial charge in [0.25, 0.3) is 5.91 Å². The van der Waals surface area contributed by atoms with E-state index in [1.165, 1.54) is 0 Å². The van der Waals surface area contributed by atoms with E-state index in [0.29, 0.717) is 23.8 Å². The average molecular weight is 405 g/mol. The quantitative estimate of drug-likeness (QED) is 0.531. The molecule has 2 atom stereocenters. The number of nitrogens with one attached hydrogen (secondary N) is 2. The number of urea groups is 1. The molecule has 2 aliphatic rings. The third kappa shape index (κ3) is 5.17. The SMILES string of the molecule is CC(C)C[C@@H](CO)NC(=O)CC[C@H]1NC(=O)N(Cc2ccc3c(c2)OCO3)C1=O. The van der Waals surface area contributed by atoms with Crippen LogP contribution in [0.4, 0.5) is 4.79 Å². The molecular weight excluding hydrogens is 378 g/mol. The van der Waals surface area contributed by atoms with Gasteiger partial charge in [0.1, 0.15) is 6.04 Å². The lowest BCUT2D eigenvalue weighted by molar-refractivity contribution is -0.128. The smallest absolute Gasteiger partial charge is 0.325 e. The summed E-state index contributed by atoms with van der Waals surface area (Å²) in [6.45, 7) is 4.16. The zero-order valence-corrected chi connectivity index (χ0v) is 16.6. The van der Waals surface area contributed by atoms with Crippen molar-refractivity contribution in [3.8, 4) is 11.5 Å². The molecule has 2 heterocycles. The van der Waals surface area contributed by atoms with Gasteiger partial charge in [-0.2, -0.15) is 0 Å². The molecule has 29 heavy (non-hydrogen) atoms. The van der Waals surface area contributed by atoms with Crippen LogP contribution in [0.1, 0.15) is 38.7 Å². The van der Waals surface area contributed by atoms with Gasteiger partial charge in [0, 0.05) is 6.42 Å². The van der Waals surface area contributed by atoms with Crippen molar-refractivity contribution in [1.82, 2.24) is 15.5 Å². The highest BCUT2D eigenvalue weighted by Gasteiger charge is 2.38. The van der Waals surface area contributed by atoms with Crippen molar-refractivity contribution in [1.29, 1.82) is 0 Å². The molecule has 1 saturated heterocycles. The molecule has 3 rings (SSSR count). The van der Waals surface area contributed by atoms with Gasteiger partial charge in [-0.1, -0.05) is 19.9 Å². The number of nitrogens with zero attached hydrogens (tertiary/aromatic N) is 1. The van der Waals surface area contributed by atoms with Crippen LogP contribution in [0.25, 0.3) is 0 Å². The summed E-state index contributed by atoms with van der Waals surface area (Å²) < 4.78 is 10.6. The molecule has 0 aromatic heterocycles. The number of carbonyl (C=O) groups excluding carboxylic acids is 3. The maximum Gasteiger partial charge on any atom is 0.325 e. The van der Waals surface area contributed by atoms with Crippen LogP contribution in [0.15, 0.2) is 18.2 Å². The Labute approximate surface area is 169 Å². The van der Waals surface area contributed by atoms with E-state index in [1.807, 2.05) is 13.8 Å². The van der Waals surface area contributed by atoms with Crippen molar-refractivity contribution in [3.63, 3.8) is 0 Å². The van der Waals surface area contributed by atoms with E-state index < -0.39 is 12.1 Å². The van der Waals surface area contributed by atoms with E-state index in [1.54, 1.807) is 18.2 Å². The van der Waals surface area contributed by atoms with Crippen LogP contribution in [-0.4, -0.2) is 53.3 Å². The fourth-order valence-electron chi connectivity index (χ4n) is 3.47. The average Bonchev–Trinajstić information content (AvgIpc) is 3.24. The van der Waals surface area contributed by atoms with Crippen LogP contribution in [0.2, 0.25) is 0 Å². The second-order valence-electron chi connectivity index (χ2n) is 7.73. The van der Waals surface area contributed by atoms with E-state index in [2.05, 4.69) is 10.6 Å². The molecule has 1 aromatic carbocycles. The largest absolute Gasteiger partial charge is 0.454 e. The van der Waals surface area contributed by atoms with Gasteiger partial charge in [-0.3, -0.25) is 14.5 Å². The van der Waals surface area contributed by atoms with Crippen molar-refractivity contribution in [2.75, 3.05) is 13.4 Å². The van der Waals surface area contributed by atoms with Gasteiger partial charge in [0.2, 0.25) is 12.7 Å². The number of ether oxygens (including phenoxy) is 2. The summed E-state index contributed by atoms with van der Waals surface area (Å²) in [5, 5.41) is 14.8. The highest BCUT2D eigenvalue weighted by atomic mass is 16.7. The Morgan fingerprint density at radius 3 is 2.79 bits per heavy atom. The Morgan fingerprint density at radius 1 is 1.31 bits per heavy atom. The van der Waals surface area contributed by atoms with Crippen LogP contribution in [0.5, 0.6) is 11.5 Å². The zero-order chi connectivity index (χ0) is 21.0. The summed E-state index contributed by atoms with van der Waals surface area (Å²) >= 11 is 0. The van der Waals surface area contributed by atoms with Crippen LogP contribution < -0.4 is 20.1 Å². The Balaban J connectivity index is 1.51. The molecular formula is C20H27N3O6. The van der Waals surface area contributed by atoms with Crippen molar-refractivity contribution in [2.24, 2.45) is 5.92 Å². The summed E-state index contributed by atoms with van der Waals surface area (Å²) in [7, 11) is 0. The molecule has 0 spiro atoms. The highest BCUT2D eigenvalue weighted by Crippen LogP contribution is 2.33. The number of aliphatic hydroxyl groups excluding tert-OH is 1. The molecule has 158 valence electrons. The number of carbonyl (C=O) groups is 3. The van der Waals surface area contributed by atoms with Gasteiger partial charge in [-0.25, -0.2) is 4.79 Å². The van der Waals surface area contributed by atoms with E-state index in [-0.39, 0.29) is 50.6 Å². The van der Waals surface area contributed by atoms with Crippen molar-refractivity contribution in [2.45, 2.75) is 51.7 Å². The first-order valence-electron chi connectivity index (χ1n) is 9.78. The molecule has 0 saturated carbocycles. The highest BCUT2D eigenvalue weighted by molar-refractivity contribution is 6.04. The fraction of sp³-hybridized carbons (Fsp3) is 0.550. The number of imide groups is 1. The molecule has 0 bridgehead atoms. The number of aliphatic hydroxyl groups is 1. The molecule has 0 unspecified atom stereocenters. The summed E-state index contributed by atoms with van der Waals surface area (Å²) in [5.41, 5.74) is 0.746. The summed E-state index contributed by atoms with van der Waals surface area (Å²) in [5.74, 6) is 0.950. The predicted octanol–water partition coefficient (Wildman–Crippen LogP) is 1.14. The number of fused-ring (bicyclic) bond motifs is 1. The minimum Gasteiger partial charge on any atom is -0.454 e. The molecule has 3 N–H and O–H groups in total. The van der Waals surface area contributed by atoms with Crippen molar-refractivity contribution in [3.05, 3.63) is 23.8 Å². The standard InChI is InChI=1S/C20H27N3O6/c1-12(2)7-14(10-24)21-18(25)6-4-15-19(26)23(20(27)22-15)9-13-3-5-16-17(8-13)29-11-28-16/h3,5,8,12,14-15,24H,4,6-7,9-11H2,1-2H3,(H,21,25)(H,22,27)/t14-,15+/m0/s1. The Morgan fingerprint density at radius 2 is 2.07 bits per heavy atom. The zero-order valence-electron chi connectivity index (χ0n) is 16.6. The van der Waals surface area contributed by atoms with Crippen LogP contribution in [-0.2, 0) is 16.1 Å². The maximum absolute atomic E-state index is 12.6. The second kappa shape index (κ2) is 9.13.